The molecule has 1 heterocycles. The highest BCUT2D eigenvalue weighted by Gasteiger charge is 2.20. The van der Waals surface area contributed by atoms with Crippen molar-refractivity contribution in [2.24, 2.45) is 0 Å². The Bertz CT molecular complexity index is 1320. The summed E-state index contributed by atoms with van der Waals surface area (Å²) in [6.45, 7) is -1.10. The highest BCUT2D eigenvalue weighted by atomic mass is 32.2. The molecule has 3 rings (SSSR count). The topological polar surface area (TPSA) is 137 Å². The molecule has 3 aromatic rings. The maximum absolute atomic E-state index is 12.3. The Morgan fingerprint density at radius 1 is 1.16 bits per heavy atom. The number of oxazole rings is 1. The predicted octanol–water partition coefficient (Wildman–Crippen LogP) is 1.04. The van der Waals surface area contributed by atoms with Gasteiger partial charge in [0.25, 0.3) is 5.91 Å². The maximum Gasteiger partial charge on any atom is 0.420 e. The number of hydrogen-bond acceptors (Lipinski definition) is 8. The monoisotopic (exact) mass is 463 g/mol. The minimum absolute atomic E-state index is 0.0539. The van der Waals surface area contributed by atoms with E-state index in [1.807, 2.05) is 0 Å². The van der Waals surface area contributed by atoms with Crippen LogP contribution < -0.4 is 15.8 Å². The average molecular weight is 463 g/mol. The first kappa shape index (κ1) is 23.0. The molecule has 170 valence electrons. The number of anilines is 1. The molecule has 0 spiro atoms. The van der Waals surface area contributed by atoms with Gasteiger partial charge in [0.05, 0.1) is 23.2 Å². The molecule has 0 aliphatic carbocycles. The van der Waals surface area contributed by atoms with E-state index in [1.54, 1.807) is 24.3 Å². The molecule has 0 radical (unpaired) electrons. The van der Waals surface area contributed by atoms with Gasteiger partial charge in [0.2, 0.25) is 10.0 Å². The molecule has 11 nitrogen and oxygen atoms in total. The van der Waals surface area contributed by atoms with Gasteiger partial charge in [0.1, 0.15) is 12.3 Å². The second-order valence-electron chi connectivity index (χ2n) is 6.78. The van der Waals surface area contributed by atoms with Crippen LogP contribution in [0.1, 0.15) is 0 Å². The normalized spacial score (nSPS) is 11.5. The smallest absolute Gasteiger partial charge is 0.420 e. The average Bonchev–Trinajstić information content (AvgIpc) is 3.07. The number of para-hydroxylation sites is 2. The van der Waals surface area contributed by atoms with E-state index < -0.39 is 40.8 Å². The fraction of sp³-hybridized carbons (Fsp3) is 0.250. The lowest BCUT2D eigenvalue weighted by molar-refractivity contribution is -0.147. The zero-order valence-corrected chi connectivity index (χ0v) is 18.3. The molecule has 0 atom stereocenters. The molecule has 0 aliphatic rings. The first-order valence-electron chi connectivity index (χ1n) is 9.28. The van der Waals surface area contributed by atoms with Crippen LogP contribution in [0.2, 0.25) is 0 Å². The molecule has 0 saturated heterocycles. The number of esters is 1. The maximum atomic E-state index is 12.3. The van der Waals surface area contributed by atoms with Crippen molar-refractivity contribution in [2.75, 3.05) is 33.1 Å². The van der Waals surface area contributed by atoms with Gasteiger partial charge < -0.3 is 19.2 Å². The van der Waals surface area contributed by atoms with Crippen LogP contribution in [0.4, 0.5) is 5.69 Å². The van der Waals surface area contributed by atoms with E-state index in [0.29, 0.717) is 11.1 Å². The second-order valence-corrected chi connectivity index (χ2v) is 8.93. The van der Waals surface area contributed by atoms with Gasteiger partial charge in [-0.1, -0.05) is 12.1 Å². The molecule has 0 bridgehead atoms. The Labute approximate surface area is 183 Å². The van der Waals surface area contributed by atoms with E-state index in [0.717, 1.165) is 8.87 Å². The number of benzene rings is 2. The van der Waals surface area contributed by atoms with Gasteiger partial charge in [-0.15, -0.1) is 0 Å². The number of fused-ring (bicyclic) bond motifs is 1. The van der Waals surface area contributed by atoms with Crippen LogP contribution >= 0.6 is 0 Å². The van der Waals surface area contributed by atoms with Crippen LogP contribution in [0.15, 0.2) is 56.6 Å². The van der Waals surface area contributed by atoms with Crippen molar-refractivity contribution in [3.05, 3.63) is 53.0 Å². The Morgan fingerprint density at radius 3 is 2.56 bits per heavy atom. The molecule has 12 heteroatoms. The predicted molar refractivity (Wildman–Crippen MR) is 114 cm³/mol. The summed E-state index contributed by atoms with van der Waals surface area (Å²) in [4.78, 5) is 36.3. The molecule has 1 amide bonds. The van der Waals surface area contributed by atoms with Crippen molar-refractivity contribution in [1.29, 1.82) is 0 Å². The molecule has 1 N–H and O–H groups in total. The fourth-order valence-corrected chi connectivity index (χ4v) is 3.76. The number of carbonyl (C=O) groups is 2. The largest absolute Gasteiger partial charge is 0.495 e. The number of sulfonamides is 1. The third-order valence-corrected chi connectivity index (χ3v) is 6.26. The number of ether oxygens (including phenoxy) is 2. The van der Waals surface area contributed by atoms with Crippen LogP contribution in [0.25, 0.3) is 11.1 Å². The van der Waals surface area contributed by atoms with Crippen LogP contribution in [0.5, 0.6) is 5.75 Å². The quantitative estimate of drug-likeness (QED) is 0.489. The Hall–Kier alpha value is -3.64. The van der Waals surface area contributed by atoms with E-state index >= 15 is 0 Å². The summed E-state index contributed by atoms with van der Waals surface area (Å²) in [6.07, 6.45) is 0. The first-order valence-corrected chi connectivity index (χ1v) is 10.7. The summed E-state index contributed by atoms with van der Waals surface area (Å²) in [5, 5.41) is 2.46. The van der Waals surface area contributed by atoms with Gasteiger partial charge in [-0.25, -0.2) is 17.5 Å². The lowest BCUT2D eigenvalue weighted by Gasteiger charge is -2.15. The number of hydrogen-bond donors (Lipinski definition) is 1. The molecule has 0 saturated carbocycles. The van der Waals surface area contributed by atoms with Crippen LogP contribution in [0.3, 0.4) is 0 Å². The van der Waals surface area contributed by atoms with Crippen molar-refractivity contribution in [3.63, 3.8) is 0 Å². The molecule has 0 aliphatic heterocycles. The van der Waals surface area contributed by atoms with Crippen molar-refractivity contribution in [1.82, 2.24) is 8.87 Å². The third kappa shape index (κ3) is 4.81. The summed E-state index contributed by atoms with van der Waals surface area (Å²) in [7, 11) is 0.384. The molecule has 32 heavy (non-hydrogen) atoms. The number of aromatic nitrogens is 1. The number of nitrogens with zero attached hydrogens (tertiary/aromatic N) is 2. The summed E-state index contributed by atoms with van der Waals surface area (Å²) in [5.74, 6) is -2.06. The number of methoxy groups -OCH3 is 1. The van der Waals surface area contributed by atoms with E-state index in [9.17, 15) is 22.8 Å². The molecular weight excluding hydrogens is 442 g/mol. The molecular formula is C20H21N3O8S. The number of rotatable bonds is 8. The van der Waals surface area contributed by atoms with Crippen molar-refractivity contribution in [2.45, 2.75) is 11.4 Å². The number of carbonyl (C=O) groups excluding carboxylic acids is 2. The van der Waals surface area contributed by atoms with E-state index in [1.165, 1.54) is 39.4 Å². The van der Waals surface area contributed by atoms with E-state index in [2.05, 4.69) is 5.32 Å². The lowest BCUT2D eigenvalue weighted by Crippen LogP contribution is -2.26. The minimum atomic E-state index is -3.74. The van der Waals surface area contributed by atoms with Crippen molar-refractivity contribution < 1.29 is 31.9 Å². The summed E-state index contributed by atoms with van der Waals surface area (Å²) in [6, 6.07) is 10.6. The van der Waals surface area contributed by atoms with Gasteiger partial charge in [-0.3, -0.25) is 14.2 Å². The minimum Gasteiger partial charge on any atom is -0.495 e. The summed E-state index contributed by atoms with van der Waals surface area (Å²) >= 11 is 0. The Kier molecular flexibility index (Phi) is 6.65. The van der Waals surface area contributed by atoms with Gasteiger partial charge in [0, 0.05) is 14.1 Å². The van der Waals surface area contributed by atoms with Crippen molar-refractivity contribution >= 4 is 38.7 Å². The fourth-order valence-electron chi connectivity index (χ4n) is 2.83. The van der Waals surface area contributed by atoms with Gasteiger partial charge in [0.15, 0.2) is 12.2 Å². The van der Waals surface area contributed by atoms with Crippen LogP contribution in [-0.2, 0) is 30.9 Å². The zero-order chi connectivity index (χ0) is 23.5. The van der Waals surface area contributed by atoms with Crippen LogP contribution in [-0.4, -0.2) is 57.0 Å². The first-order chi connectivity index (χ1) is 15.1. The lowest BCUT2D eigenvalue weighted by atomic mass is 10.3. The van der Waals surface area contributed by atoms with Gasteiger partial charge in [-0.05, 0) is 30.3 Å². The molecule has 2 aromatic carbocycles. The standard InChI is InChI=1S/C20H21N3O8S/c1-22(2)32(27,28)13-8-9-16(29-3)14(10-13)21-18(24)12-30-19(25)11-23-15-6-4-5-7-17(15)31-20(23)26/h4-10H,11-12H2,1-3H3,(H,21,24). The van der Waals surface area contributed by atoms with Crippen LogP contribution in [0, 0.1) is 0 Å². The highest BCUT2D eigenvalue weighted by Crippen LogP contribution is 2.28. The van der Waals surface area contributed by atoms with Crippen molar-refractivity contribution in [3.8, 4) is 5.75 Å². The summed E-state index contributed by atoms with van der Waals surface area (Å²) in [5.41, 5.74) is 0.832. The summed E-state index contributed by atoms with van der Waals surface area (Å²) < 4.78 is 41.9. The third-order valence-electron chi connectivity index (χ3n) is 4.45. The Balaban J connectivity index is 1.67. The number of nitrogens with one attached hydrogen (secondary N) is 1. The molecule has 1 aromatic heterocycles. The Morgan fingerprint density at radius 2 is 1.88 bits per heavy atom. The molecule has 0 unspecified atom stereocenters. The van der Waals surface area contributed by atoms with E-state index in [-0.39, 0.29) is 16.3 Å². The molecule has 0 fully saturated rings. The SMILES string of the molecule is COc1ccc(S(=O)(=O)N(C)C)cc1NC(=O)COC(=O)Cn1c(=O)oc2ccccc21. The second kappa shape index (κ2) is 9.24. The highest BCUT2D eigenvalue weighted by molar-refractivity contribution is 7.89. The van der Waals surface area contributed by atoms with E-state index in [4.69, 9.17) is 13.9 Å². The van der Waals surface area contributed by atoms with Gasteiger partial charge >= 0.3 is 11.7 Å². The number of amides is 1. The zero-order valence-electron chi connectivity index (χ0n) is 17.5. The van der Waals surface area contributed by atoms with Gasteiger partial charge in [-0.2, -0.15) is 0 Å².